The van der Waals surface area contributed by atoms with Gasteiger partial charge in [-0.25, -0.2) is 0 Å². The number of thioether (sulfide) groups is 1. The maximum atomic E-state index is 12.6. The van der Waals surface area contributed by atoms with Gasteiger partial charge in [0.1, 0.15) is 5.75 Å². The zero-order chi connectivity index (χ0) is 23.0. The number of aromatic nitrogens is 2. The first-order chi connectivity index (χ1) is 16.1. The number of piperazine rings is 1. The Hall–Kier alpha value is -2.42. The Labute approximate surface area is 207 Å². The van der Waals surface area contributed by atoms with Gasteiger partial charge in [-0.1, -0.05) is 53.2 Å². The van der Waals surface area contributed by atoms with Gasteiger partial charge in [-0.05, 0) is 36.8 Å². The molecule has 0 saturated carbocycles. The van der Waals surface area contributed by atoms with Crippen molar-refractivity contribution in [3.63, 3.8) is 0 Å². The smallest absolute Gasteiger partial charge is 0.277 e. The third-order valence-electron chi connectivity index (χ3n) is 5.21. The summed E-state index contributed by atoms with van der Waals surface area (Å²) >= 11 is 13.3. The summed E-state index contributed by atoms with van der Waals surface area (Å²) in [7, 11) is 0. The van der Waals surface area contributed by atoms with Crippen molar-refractivity contribution in [2.75, 3.05) is 43.4 Å². The molecule has 10 heteroatoms. The van der Waals surface area contributed by atoms with Crippen LogP contribution in [-0.4, -0.2) is 59.5 Å². The number of benzene rings is 2. The van der Waals surface area contributed by atoms with Gasteiger partial charge >= 0.3 is 0 Å². The van der Waals surface area contributed by atoms with E-state index in [-0.39, 0.29) is 11.7 Å². The van der Waals surface area contributed by atoms with E-state index in [1.807, 2.05) is 23.1 Å². The Bertz CT molecular complexity index is 1060. The Kier molecular flexibility index (Phi) is 8.36. The van der Waals surface area contributed by atoms with Crippen molar-refractivity contribution in [1.82, 2.24) is 15.1 Å². The Morgan fingerprint density at radius 1 is 1.06 bits per heavy atom. The molecule has 174 valence electrons. The summed E-state index contributed by atoms with van der Waals surface area (Å²) in [6, 6.07) is 15.4. The van der Waals surface area contributed by atoms with E-state index >= 15 is 0 Å². The molecule has 1 saturated heterocycles. The first kappa shape index (κ1) is 23.7. The average Bonchev–Trinajstić information content (AvgIpc) is 3.30. The standard InChI is InChI=1S/C23H24Cl2N4O3S/c24-17-8-9-20(19(25)15-17)31-14-4-7-21-26-27-23(32-21)33-16-22(30)29-12-10-28(11-13-29)18-5-2-1-3-6-18/h1-3,5-6,8-9,15H,4,7,10-14,16H2. The summed E-state index contributed by atoms with van der Waals surface area (Å²) in [5.74, 6) is 1.48. The van der Waals surface area contributed by atoms with Crippen molar-refractivity contribution in [1.29, 1.82) is 0 Å². The summed E-state index contributed by atoms with van der Waals surface area (Å²) in [6.45, 7) is 3.53. The lowest BCUT2D eigenvalue weighted by atomic mass is 10.2. The van der Waals surface area contributed by atoms with Gasteiger partial charge in [-0.15, -0.1) is 10.2 Å². The lowest BCUT2D eigenvalue weighted by Gasteiger charge is -2.36. The molecule has 3 aromatic rings. The molecule has 2 aromatic carbocycles. The fourth-order valence-electron chi connectivity index (χ4n) is 3.46. The van der Waals surface area contributed by atoms with Gasteiger partial charge < -0.3 is 19.0 Å². The summed E-state index contributed by atoms with van der Waals surface area (Å²) in [5, 5.41) is 9.54. The molecule has 7 nitrogen and oxygen atoms in total. The van der Waals surface area contributed by atoms with E-state index in [4.69, 9.17) is 32.4 Å². The van der Waals surface area contributed by atoms with Gasteiger partial charge in [-0.2, -0.15) is 0 Å². The number of carbonyl (C=O) groups excluding carboxylic acids is 1. The fraction of sp³-hybridized carbons (Fsp3) is 0.348. The number of anilines is 1. The normalized spacial score (nSPS) is 13.9. The third kappa shape index (κ3) is 6.79. The maximum Gasteiger partial charge on any atom is 0.277 e. The Morgan fingerprint density at radius 2 is 1.85 bits per heavy atom. The van der Waals surface area contributed by atoms with Crippen molar-refractivity contribution < 1.29 is 13.9 Å². The fourth-order valence-corrected chi connectivity index (χ4v) is 4.61. The molecule has 1 aliphatic rings. The van der Waals surface area contributed by atoms with Gasteiger partial charge in [0.25, 0.3) is 5.22 Å². The highest BCUT2D eigenvalue weighted by molar-refractivity contribution is 7.99. The third-order valence-corrected chi connectivity index (χ3v) is 6.54. The second kappa shape index (κ2) is 11.6. The molecule has 4 rings (SSSR count). The molecule has 1 amide bonds. The van der Waals surface area contributed by atoms with E-state index in [9.17, 15) is 4.79 Å². The largest absolute Gasteiger partial charge is 0.492 e. The van der Waals surface area contributed by atoms with Crippen LogP contribution < -0.4 is 9.64 Å². The SMILES string of the molecule is O=C(CSc1nnc(CCCOc2ccc(Cl)cc2Cl)o1)N1CCN(c2ccccc2)CC1. The number of hydrogen-bond donors (Lipinski definition) is 0. The van der Waals surface area contributed by atoms with Crippen LogP contribution in [0.1, 0.15) is 12.3 Å². The van der Waals surface area contributed by atoms with Gasteiger partial charge in [0.15, 0.2) is 0 Å². The predicted octanol–water partition coefficient (Wildman–Crippen LogP) is 4.83. The molecule has 0 aliphatic carbocycles. The van der Waals surface area contributed by atoms with E-state index < -0.39 is 0 Å². The average molecular weight is 507 g/mol. The van der Waals surface area contributed by atoms with E-state index in [2.05, 4.69) is 27.2 Å². The minimum atomic E-state index is 0.0840. The number of hydrogen-bond acceptors (Lipinski definition) is 7. The molecule has 0 radical (unpaired) electrons. The van der Waals surface area contributed by atoms with Crippen molar-refractivity contribution in [2.24, 2.45) is 0 Å². The van der Waals surface area contributed by atoms with E-state index in [0.717, 1.165) is 13.1 Å². The number of amides is 1. The molecule has 1 fully saturated rings. The van der Waals surface area contributed by atoms with Crippen LogP contribution in [0.4, 0.5) is 5.69 Å². The predicted molar refractivity (Wildman–Crippen MR) is 131 cm³/mol. The molecule has 0 atom stereocenters. The minimum Gasteiger partial charge on any atom is -0.492 e. The van der Waals surface area contributed by atoms with Gasteiger partial charge in [-0.3, -0.25) is 4.79 Å². The summed E-state index contributed by atoms with van der Waals surface area (Å²) < 4.78 is 11.3. The number of para-hydroxylation sites is 1. The second-order valence-corrected chi connectivity index (χ2v) is 9.25. The molecule has 0 unspecified atom stereocenters. The molecule has 0 N–H and O–H groups in total. The van der Waals surface area contributed by atoms with Crippen molar-refractivity contribution in [3.8, 4) is 5.75 Å². The summed E-state index contributed by atoms with van der Waals surface area (Å²) in [4.78, 5) is 16.8. The van der Waals surface area contributed by atoms with Gasteiger partial charge in [0.05, 0.1) is 17.4 Å². The summed E-state index contributed by atoms with van der Waals surface area (Å²) in [5.41, 5.74) is 1.19. The Balaban J connectivity index is 1.15. The summed E-state index contributed by atoms with van der Waals surface area (Å²) in [6.07, 6.45) is 1.27. The quantitative estimate of drug-likeness (QED) is 0.304. The monoisotopic (exact) mass is 506 g/mol. The highest BCUT2D eigenvalue weighted by Crippen LogP contribution is 2.27. The molecule has 2 heterocycles. The van der Waals surface area contributed by atoms with Crippen LogP contribution >= 0.6 is 35.0 Å². The highest BCUT2D eigenvalue weighted by atomic mass is 35.5. The lowest BCUT2D eigenvalue weighted by molar-refractivity contribution is -0.128. The van der Waals surface area contributed by atoms with Gasteiger partial charge in [0.2, 0.25) is 11.8 Å². The number of aryl methyl sites for hydroxylation is 1. The van der Waals surface area contributed by atoms with E-state index in [1.165, 1.54) is 17.4 Å². The number of ether oxygens (including phenoxy) is 1. The Morgan fingerprint density at radius 3 is 2.61 bits per heavy atom. The number of nitrogens with zero attached hydrogens (tertiary/aromatic N) is 4. The van der Waals surface area contributed by atoms with E-state index in [0.29, 0.717) is 59.4 Å². The zero-order valence-corrected chi connectivity index (χ0v) is 20.3. The van der Waals surface area contributed by atoms with Crippen LogP contribution in [0.15, 0.2) is 58.2 Å². The number of carbonyl (C=O) groups is 1. The number of rotatable bonds is 9. The first-order valence-electron chi connectivity index (χ1n) is 10.7. The topological polar surface area (TPSA) is 71.7 Å². The first-order valence-corrected chi connectivity index (χ1v) is 12.4. The van der Waals surface area contributed by atoms with Crippen molar-refractivity contribution in [3.05, 3.63) is 64.5 Å². The lowest BCUT2D eigenvalue weighted by Crippen LogP contribution is -2.49. The van der Waals surface area contributed by atoms with Crippen molar-refractivity contribution >= 4 is 46.6 Å². The molecule has 1 aromatic heterocycles. The van der Waals surface area contributed by atoms with Crippen LogP contribution in [0.2, 0.25) is 10.0 Å². The molecule has 33 heavy (non-hydrogen) atoms. The van der Waals surface area contributed by atoms with Crippen LogP contribution in [0.25, 0.3) is 0 Å². The number of halogens is 2. The van der Waals surface area contributed by atoms with Crippen LogP contribution in [0.3, 0.4) is 0 Å². The van der Waals surface area contributed by atoms with Gasteiger partial charge in [0, 0.05) is 43.3 Å². The highest BCUT2D eigenvalue weighted by Gasteiger charge is 2.22. The molecule has 0 spiro atoms. The molecule has 1 aliphatic heterocycles. The van der Waals surface area contributed by atoms with Crippen LogP contribution in [0, 0.1) is 0 Å². The molecular weight excluding hydrogens is 483 g/mol. The van der Waals surface area contributed by atoms with Crippen LogP contribution in [0.5, 0.6) is 5.75 Å². The minimum absolute atomic E-state index is 0.0840. The van der Waals surface area contributed by atoms with Crippen molar-refractivity contribution in [2.45, 2.75) is 18.1 Å². The molecular formula is C23H24Cl2N4O3S. The molecule has 0 bridgehead atoms. The second-order valence-electron chi connectivity index (χ2n) is 7.48. The van der Waals surface area contributed by atoms with Crippen LogP contribution in [-0.2, 0) is 11.2 Å². The zero-order valence-electron chi connectivity index (χ0n) is 18.0. The van der Waals surface area contributed by atoms with E-state index in [1.54, 1.807) is 18.2 Å². The maximum absolute atomic E-state index is 12.6.